The van der Waals surface area contributed by atoms with Crippen LogP contribution in [0.3, 0.4) is 0 Å². The number of nitrogens with one attached hydrogen (secondary N) is 1. The fourth-order valence-corrected chi connectivity index (χ4v) is 2.82. The molecule has 0 amide bonds. The van der Waals surface area contributed by atoms with Crippen molar-refractivity contribution in [1.29, 1.82) is 0 Å². The number of thiazole rings is 1. The summed E-state index contributed by atoms with van der Waals surface area (Å²) >= 11 is 1.68. The Labute approximate surface area is 120 Å². The molecule has 2 heterocycles. The number of aromatic nitrogens is 3. The van der Waals surface area contributed by atoms with Crippen molar-refractivity contribution in [1.82, 2.24) is 15.0 Å². The predicted molar refractivity (Wildman–Crippen MR) is 82.8 cm³/mol. The first-order chi connectivity index (χ1) is 9.63. The summed E-state index contributed by atoms with van der Waals surface area (Å²) in [6.45, 7) is 4.11. The monoisotopic (exact) mass is 285 g/mol. The molecular formula is C14H15N5S. The van der Waals surface area contributed by atoms with Gasteiger partial charge in [-0.05, 0) is 26.0 Å². The van der Waals surface area contributed by atoms with Crippen LogP contribution in [0, 0.1) is 6.92 Å². The molecule has 20 heavy (non-hydrogen) atoms. The van der Waals surface area contributed by atoms with Gasteiger partial charge in [0.05, 0.1) is 11.6 Å². The van der Waals surface area contributed by atoms with E-state index in [1.165, 1.54) is 4.88 Å². The molecule has 0 fully saturated rings. The summed E-state index contributed by atoms with van der Waals surface area (Å²) in [4.78, 5) is 14.1. The highest BCUT2D eigenvalue weighted by Gasteiger charge is 2.12. The van der Waals surface area contributed by atoms with Crippen LogP contribution in [0.1, 0.15) is 22.9 Å². The van der Waals surface area contributed by atoms with Gasteiger partial charge < -0.3 is 11.1 Å². The van der Waals surface area contributed by atoms with Crippen LogP contribution in [0.5, 0.6) is 0 Å². The molecular weight excluding hydrogens is 270 g/mol. The van der Waals surface area contributed by atoms with Gasteiger partial charge in [0.15, 0.2) is 0 Å². The lowest BCUT2D eigenvalue weighted by Crippen LogP contribution is -2.09. The summed E-state index contributed by atoms with van der Waals surface area (Å²) in [5, 5.41) is 5.36. The summed E-state index contributed by atoms with van der Waals surface area (Å²) in [6.07, 6.45) is 1.88. The largest absolute Gasteiger partial charge is 0.368 e. The van der Waals surface area contributed by atoms with Crippen molar-refractivity contribution >= 4 is 34.0 Å². The zero-order valence-electron chi connectivity index (χ0n) is 11.3. The molecule has 1 aromatic carbocycles. The molecule has 0 saturated carbocycles. The van der Waals surface area contributed by atoms with E-state index in [0.29, 0.717) is 0 Å². The zero-order valence-corrected chi connectivity index (χ0v) is 12.1. The zero-order chi connectivity index (χ0) is 14.1. The molecule has 0 saturated heterocycles. The third-order valence-corrected chi connectivity index (χ3v) is 4.08. The SMILES string of the molecule is Cc1cnc(C(C)Nc2nc(N)nc3ccccc23)s1. The Morgan fingerprint density at radius 1 is 1.25 bits per heavy atom. The van der Waals surface area contributed by atoms with Gasteiger partial charge in [0.25, 0.3) is 0 Å². The Hall–Kier alpha value is -2.21. The number of anilines is 2. The summed E-state index contributed by atoms with van der Waals surface area (Å²) < 4.78 is 0. The van der Waals surface area contributed by atoms with E-state index in [1.54, 1.807) is 11.3 Å². The highest BCUT2D eigenvalue weighted by molar-refractivity contribution is 7.11. The molecule has 3 rings (SSSR count). The smallest absolute Gasteiger partial charge is 0.222 e. The number of benzene rings is 1. The number of hydrogen-bond acceptors (Lipinski definition) is 6. The average Bonchev–Trinajstić information content (AvgIpc) is 2.85. The normalized spacial score (nSPS) is 12.5. The number of para-hydroxylation sites is 1. The fourth-order valence-electron chi connectivity index (χ4n) is 2.04. The van der Waals surface area contributed by atoms with Gasteiger partial charge in [-0.15, -0.1) is 11.3 Å². The van der Waals surface area contributed by atoms with Crippen LogP contribution in [0.2, 0.25) is 0 Å². The van der Waals surface area contributed by atoms with Crippen LogP contribution in [0.4, 0.5) is 11.8 Å². The lowest BCUT2D eigenvalue weighted by Gasteiger charge is -2.14. The number of nitrogen functional groups attached to an aromatic ring is 1. The number of rotatable bonds is 3. The minimum absolute atomic E-state index is 0.0754. The van der Waals surface area contributed by atoms with E-state index in [4.69, 9.17) is 5.73 Å². The molecule has 0 aliphatic rings. The van der Waals surface area contributed by atoms with E-state index in [2.05, 4.69) is 27.2 Å². The molecule has 3 N–H and O–H groups in total. The van der Waals surface area contributed by atoms with E-state index in [9.17, 15) is 0 Å². The lowest BCUT2D eigenvalue weighted by molar-refractivity contribution is 0.862. The van der Waals surface area contributed by atoms with Crippen molar-refractivity contribution in [3.05, 3.63) is 40.3 Å². The van der Waals surface area contributed by atoms with Crippen LogP contribution < -0.4 is 11.1 Å². The standard InChI is InChI=1S/C14H15N5S/c1-8-7-16-13(20-8)9(2)17-12-10-5-3-4-6-11(10)18-14(15)19-12/h3-7,9H,1-2H3,(H3,15,17,18,19). The van der Waals surface area contributed by atoms with Gasteiger partial charge in [0.1, 0.15) is 10.8 Å². The number of nitrogens with two attached hydrogens (primary N) is 1. The van der Waals surface area contributed by atoms with Gasteiger partial charge in [-0.2, -0.15) is 4.98 Å². The highest BCUT2D eigenvalue weighted by atomic mass is 32.1. The first-order valence-electron chi connectivity index (χ1n) is 6.34. The fraction of sp³-hybridized carbons (Fsp3) is 0.214. The van der Waals surface area contributed by atoms with Crippen molar-refractivity contribution in [2.45, 2.75) is 19.9 Å². The predicted octanol–water partition coefficient (Wildman–Crippen LogP) is 3.15. The van der Waals surface area contributed by atoms with Gasteiger partial charge in [0.2, 0.25) is 5.95 Å². The number of hydrogen-bond donors (Lipinski definition) is 2. The Morgan fingerprint density at radius 3 is 2.80 bits per heavy atom. The molecule has 0 bridgehead atoms. The number of fused-ring (bicyclic) bond motifs is 1. The van der Waals surface area contributed by atoms with Gasteiger partial charge in [-0.25, -0.2) is 9.97 Å². The van der Waals surface area contributed by atoms with Gasteiger partial charge in [-0.3, -0.25) is 0 Å². The minimum atomic E-state index is 0.0754. The minimum Gasteiger partial charge on any atom is -0.368 e. The quantitative estimate of drug-likeness (QED) is 0.773. The average molecular weight is 285 g/mol. The number of aryl methyl sites for hydroxylation is 1. The Bertz CT molecular complexity index is 752. The molecule has 1 atom stereocenters. The summed E-state index contributed by atoms with van der Waals surface area (Å²) in [5.41, 5.74) is 6.61. The summed E-state index contributed by atoms with van der Waals surface area (Å²) in [6, 6.07) is 7.89. The first-order valence-corrected chi connectivity index (χ1v) is 7.16. The van der Waals surface area contributed by atoms with Crippen LogP contribution in [0.25, 0.3) is 10.9 Å². The molecule has 102 valence electrons. The van der Waals surface area contributed by atoms with E-state index in [0.717, 1.165) is 21.7 Å². The Morgan fingerprint density at radius 2 is 2.05 bits per heavy atom. The maximum Gasteiger partial charge on any atom is 0.222 e. The van der Waals surface area contributed by atoms with Gasteiger partial charge >= 0.3 is 0 Å². The maximum atomic E-state index is 5.77. The highest BCUT2D eigenvalue weighted by Crippen LogP contribution is 2.26. The van der Waals surface area contributed by atoms with Crippen molar-refractivity contribution in [2.75, 3.05) is 11.1 Å². The van der Waals surface area contributed by atoms with E-state index in [-0.39, 0.29) is 12.0 Å². The number of nitrogens with zero attached hydrogens (tertiary/aromatic N) is 3. The molecule has 0 radical (unpaired) electrons. The molecule has 5 nitrogen and oxygen atoms in total. The third-order valence-electron chi connectivity index (χ3n) is 2.98. The second kappa shape index (κ2) is 5.05. The van der Waals surface area contributed by atoms with Crippen LogP contribution in [-0.2, 0) is 0 Å². The molecule has 0 aliphatic carbocycles. The second-order valence-electron chi connectivity index (χ2n) is 4.62. The second-order valence-corrected chi connectivity index (χ2v) is 5.89. The van der Waals surface area contributed by atoms with E-state index >= 15 is 0 Å². The topological polar surface area (TPSA) is 76.7 Å². The van der Waals surface area contributed by atoms with E-state index in [1.807, 2.05) is 37.4 Å². The van der Waals surface area contributed by atoms with Crippen molar-refractivity contribution in [3.63, 3.8) is 0 Å². The van der Waals surface area contributed by atoms with Crippen LogP contribution in [0.15, 0.2) is 30.5 Å². The summed E-state index contributed by atoms with van der Waals surface area (Å²) in [7, 11) is 0. The van der Waals surface area contributed by atoms with Crippen molar-refractivity contribution in [2.24, 2.45) is 0 Å². The molecule has 0 aliphatic heterocycles. The molecule has 3 aromatic rings. The molecule has 6 heteroatoms. The molecule has 1 unspecified atom stereocenters. The van der Waals surface area contributed by atoms with Crippen molar-refractivity contribution < 1.29 is 0 Å². The first kappa shape index (κ1) is 12.8. The maximum absolute atomic E-state index is 5.77. The van der Waals surface area contributed by atoms with Gasteiger partial charge in [-0.1, -0.05) is 12.1 Å². The molecule has 0 spiro atoms. The van der Waals surface area contributed by atoms with Crippen LogP contribution in [-0.4, -0.2) is 15.0 Å². The van der Waals surface area contributed by atoms with Crippen LogP contribution >= 0.6 is 11.3 Å². The summed E-state index contributed by atoms with van der Waals surface area (Å²) in [5.74, 6) is 1.02. The van der Waals surface area contributed by atoms with Gasteiger partial charge in [0, 0.05) is 16.5 Å². The lowest BCUT2D eigenvalue weighted by atomic mass is 10.2. The Balaban J connectivity index is 1.98. The molecule has 2 aromatic heterocycles. The van der Waals surface area contributed by atoms with Crippen molar-refractivity contribution in [3.8, 4) is 0 Å². The van der Waals surface area contributed by atoms with E-state index < -0.39 is 0 Å². The Kier molecular flexibility index (Phi) is 3.23. The third kappa shape index (κ3) is 2.42.